The van der Waals surface area contributed by atoms with Gasteiger partial charge in [-0.05, 0) is 45.9 Å². The van der Waals surface area contributed by atoms with Crippen LogP contribution in [0.15, 0.2) is 28.7 Å². The van der Waals surface area contributed by atoms with Gasteiger partial charge in [-0.2, -0.15) is 0 Å². The molecule has 7 nitrogen and oxygen atoms in total. The normalized spacial score (nSPS) is 10.3. The lowest BCUT2D eigenvalue weighted by atomic mass is 10.2. The van der Waals surface area contributed by atoms with E-state index in [-0.39, 0.29) is 0 Å². The van der Waals surface area contributed by atoms with Gasteiger partial charge in [0.15, 0.2) is 18.1 Å². The van der Waals surface area contributed by atoms with E-state index in [0.717, 1.165) is 0 Å². The average molecular weight is 361 g/mol. The molecule has 0 saturated heterocycles. The van der Waals surface area contributed by atoms with Crippen LogP contribution in [0.1, 0.15) is 35.7 Å². The molecule has 1 N–H and O–H groups in total. The van der Waals surface area contributed by atoms with Crippen LogP contribution in [0.4, 0.5) is 5.69 Å². The topological polar surface area (TPSA) is 87.0 Å². The summed E-state index contributed by atoms with van der Waals surface area (Å²) >= 11 is 0. The molecule has 0 aliphatic carbocycles. The second-order valence-corrected chi connectivity index (χ2v) is 5.48. The Balaban J connectivity index is 1.95. The molecule has 1 amide bonds. The largest absolute Gasteiger partial charge is 0.490 e. The molecule has 7 heteroatoms. The number of nitrogens with one attached hydrogen (secondary N) is 1. The average Bonchev–Trinajstić information content (AvgIpc) is 2.94. The number of furan rings is 1. The quantitative estimate of drug-likeness (QED) is 0.724. The van der Waals surface area contributed by atoms with E-state index in [2.05, 4.69) is 5.32 Å². The Morgan fingerprint density at radius 1 is 1.04 bits per heavy atom. The highest BCUT2D eigenvalue weighted by atomic mass is 16.5. The Bertz CT molecular complexity index is 780. The highest BCUT2D eigenvalue weighted by Gasteiger charge is 2.16. The van der Waals surface area contributed by atoms with E-state index in [9.17, 15) is 9.59 Å². The highest BCUT2D eigenvalue weighted by molar-refractivity contribution is 5.96. The molecule has 0 atom stereocenters. The summed E-state index contributed by atoms with van der Waals surface area (Å²) in [5.74, 6) is 1.15. The summed E-state index contributed by atoms with van der Waals surface area (Å²) in [7, 11) is 0. The van der Waals surface area contributed by atoms with Gasteiger partial charge in [-0.25, -0.2) is 4.79 Å². The number of rotatable bonds is 8. The van der Waals surface area contributed by atoms with E-state index in [4.69, 9.17) is 18.6 Å². The van der Waals surface area contributed by atoms with Crippen LogP contribution in [0.3, 0.4) is 0 Å². The smallest absolute Gasteiger partial charge is 0.342 e. The highest BCUT2D eigenvalue weighted by Crippen LogP contribution is 2.30. The van der Waals surface area contributed by atoms with Crippen LogP contribution in [0, 0.1) is 13.8 Å². The summed E-state index contributed by atoms with van der Waals surface area (Å²) in [6, 6.07) is 6.65. The van der Waals surface area contributed by atoms with Crippen molar-refractivity contribution in [3.8, 4) is 11.5 Å². The second kappa shape index (κ2) is 8.94. The molecule has 0 fully saturated rings. The predicted molar refractivity (Wildman–Crippen MR) is 95.9 cm³/mol. The molecular weight excluding hydrogens is 338 g/mol. The third kappa shape index (κ3) is 5.02. The van der Waals surface area contributed by atoms with Crippen molar-refractivity contribution in [3.63, 3.8) is 0 Å². The minimum atomic E-state index is -0.601. The maximum atomic E-state index is 12.0. The molecule has 0 radical (unpaired) electrons. The lowest BCUT2D eigenvalue weighted by Crippen LogP contribution is -2.21. The Morgan fingerprint density at radius 2 is 1.73 bits per heavy atom. The lowest BCUT2D eigenvalue weighted by molar-refractivity contribution is -0.119. The number of ether oxygens (including phenoxy) is 3. The van der Waals surface area contributed by atoms with Crippen LogP contribution in [-0.4, -0.2) is 31.7 Å². The minimum Gasteiger partial charge on any atom is -0.490 e. The molecule has 0 spiro atoms. The van der Waals surface area contributed by atoms with Crippen molar-refractivity contribution in [2.75, 3.05) is 25.1 Å². The van der Waals surface area contributed by atoms with Crippen LogP contribution < -0.4 is 14.8 Å². The molecule has 140 valence electrons. The number of carbonyl (C=O) groups is 2. The third-order valence-electron chi connectivity index (χ3n) is 3.42. The number of amides is 1. The summed E-state index contributed by atoms with van der Waals surface area (Å²) < 4.78 is 21.3. The third-order valence-corrected chi connectivity index (χ3v) is 3.42. The van der Waals surface area contributed by atoms with Gasteiger partial charge < -0.3 is 23.9 Å². The number of anilines is 1. The molecule has 0 aliphatic rings. The Kier molecular flexibility index (Phi) is 6.66. The zero-order valence-corrected chi connectivity index (χ0v) is 15.4. The molecule has 0 unspecified atom stereocenters. The molecule has 0 aliphatic heterocycles. The predicted octanol–water partition coefficient (Wildman–Crippen LogP) is 3.49. The molecule has 2 aromatic rings. The molecule has 2 rings (SSSR count). The summed E-state index contributed by atoms with van der Waals surface area (Å²) in [4.78, 5) is 24.0. The Labute approximate surface area is 152 Å². The van der Waals surface area contributed by atoms with Gasteiger partial charge in [0.2, 0.25) is 0 Å². The maximum absolute atomic E-state index is 12.0. The van der Waals surface area contributed by atoms with E-state index in [1.54, 1.807) is 38.1 Å². The molecular formula is C19H23NO6. The summed E-state index contributed by atoms with van der Waals surface area (Å²) in [5, 5.41) is 2.66. The van der Waals surface area contributed by atoms with Gasteiger partial charge in [-0.1, -0.05) is 0 Å². The Hall–Kier alpha value is -2.96. The fraction of sp³-hybridized carbons (Fsp3) is 0.368. The van der Waals surface area contributed by atoms with Crippen LogP contribution in [0.25, 0.3) is 0 Å². The van der Waals surface area contributed by atoms with Gasteiger partial charge >= 0.3 is 5.97 Å². The summed E-state index contributed by atoms with van der Waals surface area (Å²) in [6.45, 7) is 7.72. The van der Waals surface area contributed by atoms with E-state index < -0.39 is 18.5 Å². The van der Waals surface area contributed by atoms with E-state index in [1.165, 1.54) is 0 Å². The monoisotopic (exact) mass is 361 g/mol. The van der Waals surface area contributed by atoms with Crippen molar-refractivity contribution < 1.29 is 28.2 Å². The van der Waals surface area contributed by atoms with Crippen molar-refractivity contribution in [2.45, 2.75) is 27.7 Å². The van der Waals surface area contributed by atoms with E-state index >= 15 is 0 Å². The number of aryl methyl sites for hydroxylation is 2. The molecule has 0 saturated carbocycles. The van der Waals surface area contributed by atoms with Crippen molar-refractivity contribution in [3.05, 3.63) is 41.3 Å². The molecule has 1 aromatic carbocycles. The lowest BCUT2D eigenvalue weighted by Gasteiger charge is -2.13. The van der Waals surface area contributed by atoms with Gasteiger partial charge in [0.25, 0.3) is 5.91 Å². The zero-order valence-electron chi connectivity index (χ0n) is 15.4. The van der Waals surface area contributed by atoms with Crippen molar-refractivity contribution in [2.24, 2.45) is 0 Å². The molecule has 0 bridgehead atoms. The number of esters is 1. The standard InChI is InChI=1S/C19H23NO6/c1-5-23-16-8-7-14(10-17(16)24-6-2)20-18(21)11-25-19(22)15-9-12(3)26-13(15)4/h7-10H,5-6,11H2,1-4H3,(H,20,21). The van der Waals surface area contributed by atoms with Crippen molar-refractivity contribution >= 4 is 17.6 Å². The van der Waals surface area contributed by atoms with Gasteiger partial charge in [0.05, 0.1) is 13.2 Å². The van der Waals surface area contributed by atoms with Crippen LogP contribution in [-0.2, 0) is 9.53 Å². The number of benzene rings is 1. The van der Waals surface area contributed by atoms with Crippen molar-refractivity contribution in [1.82, 2.24) is 0 Å². The summed E-state index contributed by atoms with van der Waals surface area (Å²) in [5.41, 5.74) is 0.836. The van der Waals surface area contributed by atoms with Crippen LogP contribution in [0.2, 0.25) is 0 Å². The first kappa shape index (κ1) is 19.4. The minimum absolute atomic E-state index is 0.315. The van der Waals surface area contributed by atoms with Gasteiger partial charge in [0, 0.05) is 11.8 Å². The molecule has 1 aromatic heterocycles. The first-order valence-corrected chi connectivity index (χ1v) is 8.38. The first-order valence-electron chi connectivity index (χ1n) is 8.38. The van der Waals surface area contributed by atoms with E-state index in [0.29, 0.717) is 47.5 Å². The second-order valence-electron chi connectivity index (χ2n) is 5.48. The van der Waals surface area contributed by atoms with Gasteiger partial charge in [0.1, 0.15) is 17.1 Å². The zero-order chi connectivity index (χ0) is 19.1. The first-order chi connectivity index (χ1) is 12.4. The number of hydrogen-bond donors (Lipinski definition) is 1. The molecule has 26 heavy (non-hydrogen) atoms. The SMILES string of the molecule is CCOc1ccc(NC(=O)COC(=O)c2cc(C)oc2C)cc1OCC. The fourth-order valence-corrected chi connectivity index (χ4v) is 2.37. The van der Waals surface area contributed by atoms with Crippen molar-refractivity contribution in [1.29, 1.82) is 0 Å². The van der Waals surface area contributed by atoms with Crippen LogP contribution >= 0.6 is 0 Å². The van der Waals surface area contributed by atoms with Crippen LogP contribution in [0.5, 0.6) is 11.5 Å². The Morgan fingerprint density at radius 3 is 2.35 bits per heavy atom. The fourth-order valence-electron chi connectivity index (χ4n) is 2.37. The maximum Gasteiger partial charge on any atom is 0.342 e. The number of carbonyl (C=O) groups excluding carboxylic acids is 2. The number of hydrogen-bond acceptors (Lipinski definition) is 6. The van der Waals surface area contributed by atoms with Gasteiger partial charge in [-0.3, -0.25) is 4.79 Å². The summed E-state index contributed by atoms with van der Waals surface area (Å²) in [6.07, 6.45) is 0. The van der Waals surface area contributed by atoms with Gasteiger partial charge in [-0.15, -0.1) is 0 Å². The molecule has 1 heterocycles. The van der Waals surface area contributed by atoms with E-state index in [1.807, 2.05) is 13.8 Å².